The van der Waals surface area contributed by atoms with Crippen LogP contribution in [0.4, 0.5) is 0 Å². The summed E-state index contributed by atoms with van der Waals surface area (Å²) in [5, 5.41) is 7.23. The quantitative estimate of drug-likeness (QED) is 0.744. The van der Waals surface area contributed by atoms with Crippen LogP contribution < -0.4 is 14.2 Å². The van der Waals surface area contributed by atoms with Gasteiger partial charge in [-0.15, -0.1) is 0 Å². The van der Waals surface area contributed by atoms with Gasteiger partial charge >= 0.3 is 0 Å². The maximum atomic E-state index is 7.23. The zero-order valence-electron chi connectivity index (χ0n) is 8.46. The van der Waals surface area contributed by atoms with E-state index in [1.54, 1.807) is 33.5 Å². The van der Waals surface area contributed by atoms with Crippen LogP contribution in [-0.2, 0) is 0 Å². The molecule has 0 heterocycles. The maximum absolute atomic E-state index is 7.23. The number of rotatable bonds is 4. The lowest BCUT2D eigenvalue weighted by Crippen LogP contribution is -1.96. The summed E-state index contributed by atoms with van der Waals surface area (Å²) in [5.41, 5.74) is 0.607. The molecule has 0 aliphatic rings. The Bertz CT molecular complexity index is 311. The van der Waals surface area contributed by atoms with Crippen molar-refractivity contribution in [3.05, 3.63) is 17.7 Å². The molecular weight excluding hydrogens is 182 g/mol. The number of hydrogen-bond donors (Lipinski definition) is 1. The Morgan fingerprint density at radius 3 is 1.79 bits per heavy atom. The molecule has 4 nitrogen and oxygen atoms in total. The van der Waals surface area contributed by atoms with E-state index in [9.17, 15) is 0 Å². The van der Waals surface area contributed by atoms with Crippen molar-refractivity contribution < 1.29 is 14.2 Å². The van der Waals surface area contributed by atoms with E-state index in [0.29, 0.717) is 22.8 Å². The number of ether oxygens (including phenoxy) is 3. The average Bonchev–Trinajstić information content (AvgIpc) is 2.26. The maximum Gasteiger partial charge on any atom is 0.135 e. The van der Waals surface area contributed by atoms with Gasteiger partial charge < -0.3 is 19.6 Å². The summed E-state index contributed by atoms with van der Waals surface area (Å²) in [6.45, 7) is 0. The molecule has 76 valence electrons. The highest BCUT2D eigenvalue weighted by atomic mass is 16.5. The third-order valence-electron chi connectivity index (χ3n) is 1.90. The van der Waals surface area contributed by atoms with E-state index >= 15 is 0 Å². The molecule has 0 bridgehead atoms. The van der Waals surface area contributed by atoms with Gasteiger partial charge in [0.05, 0.1) is 26.9 Å². The molecule has 0 unspecified atom stereocenters. The second-order valence-corrected chi connectivity index (χ2v) is 2.59. The monoisotopic (exact) mass is 195 g/mol. The van der Waals surface area contributed by atoms with E-state index in [-0.39, 0.29) is 0 Å². The smallest absolute Gasteiger partial charge is 0.135 e. The second-order valence-electron chi connectivity index (χ2n) is 2.59. The molecule has 0 aliphatic heterocycles. The summed E-state index contributed by atoms with van der Waals surface area (Å²) in [6, 6.07) is 3.42. The third-order valence-corrected chi connectivity index (χ3v) is 1.90. The molecule has 0 atom stereocenters. The van der Waals surface area contributed by atoms with Gasteiger partial charge in [0.1, 0.15) is 17.2 Å². The Morgan fingerprint density at radius 1 is 1.00 bits per heavy atom. The van der Waals surface area contributed by atoms with Crippen molar-refractivity contribution in [3.63, 3.8) is 0 Å². The molecule has 1 aromatic carbocycles. The zero-order valence-corrected chi connectivity index (χ0v) is 8.46. The van der Waals surface area contributed by atoms with Crippen molar-refractivity contribution in [3.8, 4) is 17.2 Å². The summed E-state index contributed by atoms with van der Waals surface area (Å²) in [6.07, 6.45) is 1.19. The predicted octanol–water partition coefficient (Wildman–Crippen LogP) is 1.71. The van der Waals surface area contributed by atoms with E-state index in [4.69, 9.17) is 19.6 Å². The van der Waals surface area contributed by atoms with Gasteiger partial charge in [-0.1, -0.05) is 0 Å². The fourth-order valence-electron chi connectivity index (χ4n) is 1.17. The third kappa shape index (κ3) is 1.79. The first-order valence-electron chi connectivity index (χ1n) is 4.07. The van der Waals surface area contributed by atoms with Gasteiger partial charge in [0.15, 0.2) is 0 Å². The van der Waals surface area contributed by atoms with Gasteiger partial charge in [-0.2, -0.15) is 0 Å². The molecule has 4 heteroatoms. The molecule has 0 amide bonds. The van der Waals surface area contributed by atoms with Gasteiger partial charge in [-0.05, 0) is 0 Å². The summed E-state index contributed by atoms with van der Waals surface area (Å²) < 4.78 is 15.3. The minimum absolute atomic E-state index is 0.566. The van der Waals surface area contributed by atoms with E-state index in [2.05, 4.69) is 0 Å². The van der Waals surface area contributed by atoms with Crippen LogP contribution in [-0.4, -0.2) is 27.5 Å². The first kappa shape index (κ1) is 10.4. The van der Waals surface area contributed by atoms with Crippen LogP contribution >= 0.6 is 0 Å². The Labute approximate surface area is 82.9 Å². The molecule has 0 spiro atoms. The largest absolute Gasteiger partial charge is 0.496 e. The standard InChI is InChI=1S/C10H13NO3/c1-12-7-4-9(13-2)8(6-11)10(5-7)14-3/h4-6,11H,1-3H3. The van der Waals surface area contributed by atoms with E-state index in [1.165, 1.54) is 6.21 Å². The van der Waals surface area contributed by atoms with Crippen LogP contribution in [0.3, 0.4) is 0 Å². The van der Waals surface area contributed by atoms with Crippen molar-refractivity contribution in [1.82, 2.24) is 0 Å². The molecule has 14 heavy (non-hydrogen) atoms. The van der Waals surface area contributed by atoms with Crippen LogP contribution in [0.5, 0.6) is 17.2 Å². The van der Waals surface area contributed by atoms with Crippen molar-refractivity contribution in [2.24, 2.45) is 0 Å². The molecule has 0 aromatic heterocycles. The predicted molar refractivity (Wildman–Crippen MR) is 54.0 cm³/mol. The van der Waals surface area contributed by atoms with Gasteiger partial charge in [-0.3, -0.25) is 0 Å². The summed E-state index contributed by atoms with van der Waals surface area (Å²) in [7, 11) is 4.65. The van der Waals surface area contributed by atoms with Gasteiger partial charge in [-0.25, -0.2) is 0 Å². The van der Waals surface area contributed by atoms with Crippen LogP contribution in [0, 0.1) is 5.41 Å². The Morgan fingerprint density at radius 2 is 1.50 bits per heavy atom. The van der Waals surface area contributed by atoms with Crippen molar-refractivity contribution in [2.45, 2.75) is 0 Å². The zero-order chi connectivity index (χ0) is 10.6. The lowest BCUT2D eigenvalue weighted by molar-refractivity contribution is 0.374. The van der Waals surface area contributed by atoms with E-state index in [1.807, 2.05) is 0 Å². The molecule has 1 rings (SSSR count). The van der Waals surface area contributed by atoms with E-state index < -0.39 is 0 Å². The Hall–Kier alpha value is -1.71. The molecule has 0 aliphatic carbocycles. The van der Waals surface area contributed by atoms with Crippen molar-refractivity contribution >= 4 is 6.21 Å². The average molecular weight is 195 g/mol. The Kier molecular flexibility index (Phi) is 3.34. The van der Waals surface area contributed by atoms with Gasteiger partial charge in [0.2, 0.25) is 0 Å². The highest BCUT2D eigenvalue weighted by Gasteiger charge is 2.10. The van der Waals surface area contributed by atoms with Crippen LogP contribution in [0.2, 0.25) is 0 Å². The summed E-state index contributed by atoms with van der Waals surface area (Å²) >= 11 is 0. The van der Waals surface area contributed by atoms with Crippen LogP contribution in [0.25, 0.3) is 0 Å². The number of benzene rings is 1. The van der Waals surface area contributed by atoms with Crippen LogP contribution in [0.1, 0.15) is 5.56 Å². The molecule has 0 radical (unpaired) electrons. The number of nitrogens with one attached hydrogen (secondary N) is 1. The SMILES string of the molecule is COc1cc(OC)c(C=N)c(OC)c1. The first-order valence-corrected chi connectivity index (χ1v) is 4.07. The number of hydrogen-bond acceptors (Lipinski definition) is 4. The Balaban J connectivity index is 3.31. The van der Waals surface area contributed by atoms with Crippen molar-refractivity contribution in [2.75, 3.05) is 21.3 Å². The molecule has 1 N–H and O–H groups in total. The van der Waals surface area contributed by atoms with Crippen molar-refractivity contribution in [1.29, 1.82) is 5.41 Å². The lowest BCUT2D eigenvalue weighted by atomic mass is 10.2. The molecule has 0 saturated carbocycles. The topological polar surface area (TPSA) is 51.5 Å². The summed E-state index contributed by atoms with van der Waals surface area (Å²) in [5.74, 6) is 1.77. The van der Waals surface area contributed by atoms with Gasteiger partial charge in [0.25, 0.3) is 0 Å². The highest BCUT2D eigenvalue weighted by molar-refractivity contribution is 5.86. The lowest BCUT2D eigenvalue weighted by Gasteiger charge is -2.11. The number of methoxy groups -OCH3 is 3. The molecule has 0 fully saturated rings. The van der Waals surface area contributed by atoms with E-state index in [0.717, 1.165) is 0 Å². The minimum Gasteiger partial charge on any atom is -0.496 e. The van der Waals surface area contributed by atoms with Crippen LogP contribution in [0.15, 0.2) is 12.1 Å². The fourth-order valence-corrected chi connectivity index (χ4v) is 1.17. The van der Waals surface area contributed by atoms with Gasteiger partial charge in [0, 0.05) is 18.3 Å². The highest BCUT2D eigenvalue weighted by Crippen LogP contribution is 2.32. The molecule has 0 saturated heterocycles. The summed E-state index contributed by atoms with van der Waals surface area (Å²) in [4.78, 5) is 0. The minimum atomic E-state index is 0.566. The first-order chi connectivity index (χ1) is 6.76. The fraction of sp³-hybridized carbons (Fsp3) is 0.300. The molecule has 1 aromatic rings. The normalized spacial score (nSPS) is 9.36. The molecular formula is C10H13NO3. The second kappa shape index (κ2) is 4.50.